The predicted octanol–water partition coefficient (Wildman–Crippen LogP) is 3.59. The maximum absolute atomic E-state index is 11.9. The normalized spacial score (nSPS) is 13.3. The zero-order valence-corrected chi connectivity index (χ0v) is 11.4. The number of alkyl halides is 3. The Morgan fingerprint density at radius 2 is 2.00 bits per heavy atom. The van der Waals surface area contributed by atoms with Gasteiger partial charge in [-0.05, 0) is 18.1 Å². The minimum absolute atomic E-state index is 0.0198. The Bertz CT molecular complexity index is 434. The molecule has 0 bridgehead atoms. The van der Waals surface area contributed by atoms with E-state index in [1.54, 1.807) is 24.3 Å². The maximum Gasteiger partial charge on any atom is 0.411 e. The lowest BCUT2D eigenvalue weighted by Crippen LogP contribution is -2.20. The standard InChI is InChI=1S/C12H12BrF3O3/c13-10-4-2-1-3-8(10)9(11(17)18)5-6-19-7-12(14,15)16/h1-4,9H,5-7H2,(H,17,18). The summed E-state index contributed by atoms with van der Waals surface area (Å²) in [6.45, 7) is -1.63. The fourth-order valence-corrected chi connectivity index (χ4v) is 2.12. The van der Waals surface area contributed by atoms with Gasteiger partial charge in [0.05, 0.1) is 5.92 Å². The van der Waals surface area contributed by atoms with Crippen LogP contribution in [-0.2, 0) is 9.53 Å². The molecule has 0 spiro atoms. The van der Waals surface area contributed by atoms with Gasteiger partial charge in [0, 0.05) is 11.1 Å². The minimum atomic E-state index is -4.40. The monoisotopic (exact) mass is 340 g/mol. The Kier molecular flexibility index (Phi) is 5.81. The van der Waals surface area contributed by atoms with E-state index in [-0.39, 0.29) is 13.0 Å². The highest BCUT2D eigenvalue weighted by molar-refractivity contribution is 9.10. The SMILES string of the molecule is O=C(O)C(CCOCC(F)(F)F)c1ccccc1Br. The molecule has 0 saturated heterocycles. The fourth-order valence-electron chi connectivity index (χ4n) is 1.56. The molecule has 0 fully saturated rings. The van der Waals surface area contributed by atoms with Crippen molar-refractivity contribution in [1.82, 2.24) is 0 Å². The van der Waals surface area contributed by atoms with Crippen molar-refractivity contribution in [1.29, 1.82) is 0 Å². The molecule has 1 unspecified atom stereocenters. The molecule has 1 atom stereocenters. The zero-order chi connectivity index (χ0) is 14.5. The van der Waals surface area contributed by atoms with Crippen LogP contribution in [0.1, 0.15) is 17.9 Å². The van der Waals surface area contributed by atoms with E-state index < -0.39 is 24.7 Å². The number of halogens is 4. The molecule has 0 aromatic heterocycles. The van der Waals surface area contributed by atoms with E-state index in [4.69, 9.17) is 5.11 Å². The van der Waals surface area contributed by atoms with Gasteiger partial charge in [0.25, 0.3) is 0 Å². The van der Waals surface area contributed by atoms with E-state index in [9.17, 15) is 18.0 Å². The van der Waals surface area contributed by atoms with Crippen molar-refractivity contribution in [3.63, 3.8) is 0 Å². The van der Waals surface area contributed by atoms with E-state index in [2.05, 4.69) is 20.7 Å². The van der Waals surface area contributed by atoms with Crippen LogP contribution in [0, 0.1) is 0 Å². The summed E-state index contributed by atoms with van der Waals surface area (Å²) >= 11 is 3.22. The lowest BCUT2D eigenvalue weighted by molar-refractivity contribution is -0.174. The summed E-state index contributed by atoms with van der Waals surface area (Å²) in [6.07, 6.45) is -4.42. The molecule has 19 heavy (non-hydrogen) atoms. The minimum Gasteiger partial charge on any atom is -0.481 e. The van der Waals surface area contributed by atoms with Gasteiger partial charge in [0.2, 0.25) is 0 Å². The summed E-state index contributed by atoms with van der Waals surface area (Å²) in [7, 11) is 0. The number of carboxylic acid groups (broad SMARTS) is 1. The first-order valence-corrected chi connectivity index (χ1v) is 6.22. The second kappa shape index (κ2) is 6.91. The summed E-state index contributed by atoms with van der Waals surface area (Å²) in [5, 5.41) is 9.11. The van der Waals surface area contributed by atoms with E-state index in [0.717, 1.165) is 0 Å². The zero-order valence-electron chi connectivity index (χ0n) is 9.78. The van der Waals surface area contributed by atoms with Crippen molar-refractivity contribution >= 4 is 21.9 Å². The summed E-state index contributed by atoms with van der Waals surface area (Å²) in [6, 6.07) is 6.70. The molecule has 0 amide bonds. The molecule has 3 nitrogen and oxygen atoms in total. The summed E-state index contributed by atoms with van der Waals surface area (Å²) in [5.74, 6) is -1.99. The second-order valence-electron chi connectivity index (χ2n) is 3.87. The summed E-state index contributed by atoms with van der Waals surface area (Å²) in [5.41, 5.74) is 0.519. The smallest absolute Gasteiger partial charge is 0.411 e. The number of hydrogen-bond acceptors (Lipinski definition) is 2. The van der Waals surface area contributed by atoms with Crippen molar-refractivity contribution in [3.05, 3.63) is 34.3 Å². The molecular formula is C12H12BrF3O3. The van der Waals surface area contributed by atoms with Crippen LogP contribution in [0.25, 0.3) is 0 Å². The van der Waals surface area contributed by atoms with Gasteiger partial charge in [0.1, 0.15) is 6.61 Å². The third-order valence-corrected chi connectivity index (χ3v) is 3.12. The van der Waals surface area contributed by atoms with E-state index >= 15 is 0 Å². The molecule has 0 aliphatic rings. The molecule has 1 aromatic rings. The third-order valence-electron chi connectivity index (χ3n) is 2.40. The Morgan fingerprint density at radius 1 is 1.37 bits per heavy atom. The Balaban J connectivity index is 2.60. The molecule has 1 rings (SSSR count). The van der Waals surface area contributed by atoms with Crippen LogP contribution in [0.2, 0.25) is 0 Å². The van der Waals surface area contributed by atoms with Gasteiger partial charge in [-0.2, -0.15) is 13.2 Å². The molecule has 1 N–H and O–H groups in total. The number of carbonyl (C=O) groups is 1. The van der Waals surface area contributed by atoms with E-state index in [0.29, 0.717) is 10.0 Å². The first-order chi connectivity index (χ1) is 8.81. The summed E-state index contributed by atoms with van der Waals surface area (Å²) in [4.78, 5) is 11.1. The number of aliphatic carboxylic acids is 1. The lowest BCUT2D eigenvalue weighted by atomic mass is 9.96. The van der Waals surface area contributed by atoms with E-state index in [1.165, 1.54) is 0 Å². The van der Waals surface area contributed by atoms with Crippen LogP contribution in [0.3, 0.4) is 0 Å². The highest BCUT2D eigenvalue weighted by Crippen LogP contribution is 2.27. The Labute approximate surface area is 116 Å². The molecular weight excluding hydrogens is 329 g/mol. The maximum atomic E-state index is 11.9. The van der Waals surface area contributed by atoms with E-state index in [1.807, 2.05) is 0 Å². The molecule has 0 aliphatic heterocycles. The average molecular weight is 341 g/mol. The van der Waals surface area contributed by atoms with Crippen LogP contribution >= 0.6 is 15.9 Å². The first kappa shape index (κ1) is 16.0. The van der Waals surface area contributed by atoms with Gasteiger partial charge < -0.3 is 9.84 Å². The van der Waals surface area contributed by atoms with Gasteiger partial charge in [-0.25, -0.2) is 0 Å². The largest absolute Gasteiger partial charge is 0.481 e. The van der Waals surface area contributed by atoms with Crippen molar-refractivity contribution in [2.45, 2.75) is 18.5 Å². The van der Waals surface area contributed by atoms with Crippen LogP contribution in [0.15, 0.2) is 28.7 Å². The lowest BCUT2D eigenvalue weighted by Gasteiger charge is -2.15. The molecule has 1 aromatic carbocycles. The van der Waals surface area contributed by atoms with Gasteiger partial charge in [-0.1, -0.05) is 34.1 Å². The van der Waals surface area contributed by atoms with Crippen molar-refractivity contribution in [2.24, 2.45) is 0 Å². The van der Waals surface area contributed by atoms with Gasteiger partial charge in [-0.15, -0.1) is 0 Å². The number of benzene rings is 1. The van der Waals surface area contributed by atoms with Crippen LogP contribution in [0.5, 0.6) is 0 Å². The molecule has 0 heterocycles. The highest BCUT2D eigenvalue weighted by Gasteiger charge is 2.28. The summed E-state index contributed by atoms with van der Waals surface area (Å²) < 4.78 is 40.7. The first-order valence-electron chi connectivity index (χ1n) is 5.43. The predicted molar refractivity (Wildman–Crippen MR) is 66.0 cm³/mol. The quantitative estimate of drug-likeness (QED) is 0.805. The highest BCUT2D eigenvalue weighted by atomic mass is 79.9. The third kappa shape index (κ3) is 5.61. The van der Waals surface area contributed by atoms with Crippen LogP contribution < -0.4 is 0 Å². The molecule has 0 radical (unpaired) electrons. The van der Waals surface area contributed by atoms with Gasteiger partial charge in [-0.3, -0.25) is 4.79 Å². The molecule has 0 aliphatic carbocycles. The Morgan fingerprint density at radius 3 is 2.53 bits per heavy atom. The Hall–Kier alpha value is -1.08. The number of rotatable bonds is 6. The van der Waals surface area contributed by atoms with Crippen LogP contribution in [0.4, 0.5) is 13.2 Å². The molecule has 7 heteroatoms. The van der Waals surface area contributed by atoms with Crippen molar-refractivity contribution in [3.8, 4) is 0 Å². The topological polar surface area (TPSA) is 46.5 Å². The van der Waals surface area contributed by atoms with Gasteiger partial charge >= 0.3 is 12.1 Å². The van der Waals surface area contributed by atoms with Crippen molar-refractivity contribution < 1.29 is 27.8 Å². The number of ether oxygens (including phenoxy) is 1. The average Bonchev–Trinajstić information content (AvgIpc) is 2.29. The van der Waals surface area contributed by atoms with Crippen molar-refractivity contribution in [2.75, 3.05) is 13.2 Å². The number of carboxylic acids is 1. The van der Waals surface area contributed by atoms with Crippen LogP contribution in [-0.4, -0.2) is 30.5 Å². The second-order valence-corrected chi connectivity index (χ2v) is 4.72. The molecule has 106 valence electrons. The molecule has 0 saturated carbocycles. The number of hydrogen-bond donors (Lipinski definition) is 1. The fraction of sp³-hybridized carbons (Fsp3) is 0.417. The van der Waals surface area contributed by atoms with Gasteiger partial charge in [0.15, 0.2) is 0 Å².